The van der Waals surface area contributed by atoms with Crippen LogP contribution in [0.25, 0.3) is 10.4 Å². The lowest BCUT2D eigenvalue weighted by molar-refractivity contribution is 0.589. The van der Waals surface area contributed by atoms with Gasteiger partial charge in [0.15, 0.2) is 0 Å². The molecule has 0 saturated heterocycles. The average molecular weight is 475 g/mol. The van der Waals surface area contributed by atoms with E-state index in [1.165, 1.54) is 44.2 Å². The third-order valence-corrected chi connectivity index (χ3v) is 8.16. The molecule has 1 aliphatic rings. The van der Waals surface area contributed by atoms with Gasteiger partial charge < -0.3 is 5.32 Å². The third-order valence-electron chi connectivity index (χ3n) is 5.17. The lowest BCUT2D eigenvalue weighted by Gasteiger charge is -2.14. The topological polar surface area (TPSA) is 58.2 Å². The maximum atomic E-state index is 13.4. The van der Waals surface area contributed by atoms with E-state index >= 15 is 0 Å². The quantitative estimate of drug-likeness (QED) is 0.396. The molecule has 0 unspecified atom stereocenters. The minimum absolute atomic E-state index is 0.188. The number of benzene rings is 2. The van der Waals surface area contributed by atoms with Gasteiger partial charge in [-0.25, -0.2) is 12.8 Å². The molecule has 172 valence electrons. The molecule has 2 N–H and O–H groups in total. The van der Waals surface area contributed by atoms with Gasteiger partial charge in [-0.05, 0) is 41.5 Å². The van der Waals surface area contributed by atoms with Crippen molar-refractivity contribution < 1.29 is 12.8 Å². The molecule has 0 bridgehead atoms. The first kappa shape index (κ1) is 24.4. The first-order chi connectivity index (χ1) is 15.3. The van der Waals surface area contributed by atoms with E-state index in [0.717, 1.165) is 16.9 Å². The van der Waals surface area contributed by atoms with Crippen molar-refractivity contribution in [3.05, 3.63) is 72.0 Å². The van der Waals surface area contributed by atoms with Crippen LogP contribution in [0.4, 0.5) is 10.1 Å². The van der Waals surface area contributed by atoms with E-state index in [-0.39, 0.29) is 10.0 Å². The van der Waals surface area contributed by atoms with Crippen LogP contribution >= 0.6 is 11.3 Å². The molecule has 3 aromatic rings. The molecule has 1 aromatic heterocycles. The van der Waals surface area contributed by atoms with Crippen LogP contribution in [0.3, 0.4) is 0 Å². The van der Waals surface area contributed by atoms with Crippen LogP contribution in [-0.4, -0.2) is 14.5 Å². The van der Waals surface area contributed by atoms with Crippen LogP contribution in [0.2, 0.25) is 0 Å². The standard InChI is InChI=1S/C20H21FN2O2S2.C5H10/c1-14(2)22-13-16-6-3-4-9-18(16)23-27(24,25)20-11-10-19(26-20)15-7-5-8-17(21)12-15;1-2-4-5-3-1/h3-12,14,22-23H,13H2,1-2H3;1-5H2. The Hall–Kier alpha value is -2.22. The second-order valence-electron chi connectivity index (χ2n) is 8.20. The number of hydrogen-bond acceptors (Lipinski definition) is 4. The van der Waals surface area contributed by atoms with Gasteiger partial charge in [0.25, 0.3) is 10.0 Å². The molecule has 1 saturated carbocycles. The summed E-state index contributed by atoms with van der Waals surface area (Å²) in [5.74, 6) is -0.352. The Labute approximate surface area is 194 Å². The number of halogens is 1. The van der Waals surface area contributed by atoms with Crippen molar-refractivity contribution in [1.82, 2.24) is 5.32 Å². The summed E-state index contributed by atoms with van der Waals surface area (Å²) in [7, 11) is -3.72. The predicted molar refractivity (Wildman–Crippen MR) is 132 cm³/mol. The van der Waals surface area contributed by atoms with E-state index in [9.17, 15) is 12.8 Å². The van der Waals surface area contributed by atoms with Crippen molar-refractivity contribution in [3.63, 3.8) is 0 Å². The Morgan fingerprint density at radius 2 is 1.62 bits per heavy atom. The van der Waals surface area contributed by atoms with Crippen molar-refractivity contribution in [3.8, 4) is 10.4 Å². The second kappa shape index (κ2) is 11.6. The van der Waals surface area contributed by atoms with Gasteiger partial charge in [0.05, 0.1) is 5.69 Å². The SMILES string of the molecule is C1CCCC1.CC(C)NCc1ccccc1NS(=O)(=O)c1ccc(-c2cccc(F)c2)s1. The van der Waals surface area contributed by atoms with Gasteiger partial charge in [0.1, 0.15) is 10.0 Å². The van der Waals surface area contributed by atoms with Gasteiger partial charge in [-0.15, -0.1) is 11.3 Å². The van der Waals surface area contributed by atoms with Crippen LogP contribution in [-0.2, 0) is 16.6 Å². The molecular weight excluding hydrogens is 443 g/mol. The molecular formula is C25H31FN2O2S2. The normalized spacial score (nSPS) is 13.6. The van der Waals surface area contributed by atoms with Crippen molar-refractivity contribution in [1.29, 1.82) is 0 Å². The Morgan fingerprint density at radius 3 is 2.28 bits per heavy atom. The Kier molecular flexibility index (Phi) is 8.84. The summed E-state index contributed by atoms with van der Waals surface area (Å²) in [6, 6.07) is 17.0. The molecule has 0 amide bonds. The minimum Gasteiger partial charge on any atom is -0.310 e. The summed E-state index contributed by atoms with van der Waals surface area (Å²) in [5.41, 5.74) is 2.08. The van der Waals surface area contributed by atoms with Gasteiger partial charge in [0.2, 0.25) is 0 Å². The van der Waals surface area contributed by atoms with Crippen molar-refractivity contribution in [2.24, 2.45) is 0 Å². The first-order valence-corrected chi connectivity index (χ1v) is 13.3. The Bertz CT molecular complexity index is 1100. The number of thiophene rings is 1. The highest BCUT2D eigenvalue weighted by Crippen LogP contribution is 2.32. The molecule has 1 heterocycles. The monoisotopic (exact) mass is 474 g/mol. The van der Waals surface area contributed by atoms with E-state index in [2.05, 4.69) is 10.0 Å². The predicted octanol–water partition coefficient (Wildman–Crippen LogP) is 6.80. The number of rotatable bonds is 7. The van der Waals surface area contributed by atoms with Crippen LogP contribution in [0.15, 0.2) is 64.9 Å². The third kappa shape index (κ3) is 7.15. The summed E-state index contributed by atoms with van der Waals surface area (Å²) < 4.78 is 41.9. The molecule has 4 rings (SSSR count). The smallest absolute Gasteiger partial charge is 0.271 e. The molecule has 1 aliphatic carbocycles. The number of hydrogen-bond donors (Lipinski definition) is 2. The zero-order chi connectivity index (χ0) is 23.0. The van der Waals surface area contributed by atoms with Crippen LogP contribution in [0.5, 0.6) is 0 Å². The fraction of sp³-hybridized carbons (Fsp3) is 0.360. The molecule has 1 fully saturated rings. The second-order valence-corrected chi connectivity index (χ2v) is 11.2. The summed E-state index contributed by atoms with van der Waals surface area (Å²) in [6.07, 6.45) is 7.50. The number of nitrogens with one attached hydrogen (secondary N) is 2. The minimum atomic E-state index is -3.72. The van der Waals surface area contributed by atoms with Crippen molar-refractivity contribution in [2.45, 2.75) is 62.7 Å². The van der Waals surface area contributed by atoms with E-state index in [0.29, 0.717) is 28.7 Å². The molecule has 7 heteroatoms. The molecule has 4 nitrogen and oxygen atoms in total. The lowest BCUT2D eigenvalue weighted by Crippen LogP contribution is -2.23. The summed E-state index contributed by atoms with van der Waals surface area (Å²) >= 11 is 1.11. The number of anilines is 1. The Balaban J connectivity index is 0.000000509. The first-order valence-electron chi connectivity index (χ1n) is 11.0. The van der Waals surface area contributed by atoms with Gasteiger partial charge in [-0.3, -0.25) is 4.72 Å². The molecule has 0 aliphatic heterocycles. The fourth-order valence-electron chi connectivity index (χ4n) is 3.43. The number of sulfonamides is 1. The summed E-state index contributed by atoms with van der Waals surface area (Å²) in [6.45, 7) is 4.63. The highest BCUT2D eigenvalue weighted by atomic mass is 32.2. The van der Waals surface area contributed by atoms with Gasteiger partial charge in [-0.2, -0.15) is 0 Å². The number of para-hydroxylation sites is 1. The zero-order valence-electron chi connectivity index (χ0n) is 18.6. The summed E-state index contributed by atoms with van der Waals surface area (Å²) in [4.78, 5) is 0.699. The zero-order valence-corrected chi connectivity index (χ0v) is 20.2. The lowest BCUT2D eigenvalue weighted by atomic mass is 10.2. The van der Waals surface area contributed by atoms with Crippen molar-refractivity contribution in [2.75, 3.05) is 4.72 Å². The average Bonchev–Trinajstić information content (AvgIpc) is 3.48. The molecule has 0 atom stereocenters. The van der Waals surface area contributed by atoms with Crippen LogP contribution < -0.4 is 10.0 Å². The van der Waals surface area contributed by atoms with Gasteiger partial charge in [-0.1, -0.05) is 76.3 Å². The molecule has 0 spiro atoms. The van der Waals surface area contributed by atoms with Crippen LogP contribution in [0.1, 0.15) is 51.5 Å². The van der Waals surface area contributed by atoms with E-state index < -0.39 is 10.0 Å². The van der Waals surface area contributed by atoms with Crippen LogP contribution in [0, 0.1) is 5.82 Å². The maximum Gasteiger partial charge on any atom is 0.271 e. The van der Waals surface area contributed by atoms with Gasteiger partial charge >= 0.3 is 0 Å². The van der Waals surface area contributed by atoms with Gasteiger partial charge in [0, 0.05) is 17.5 Å². The largest absolute Gasteiger partial charge is 0.310 e. The molecule has 32 heavy (non-hydrogen) atoms. The van der Waals surface area contributed by atoms with E-state index in [1.54, 1.807) is 36.4 Å². The van der Waals surface area contributed by atoms with E-state index in [4.69, 9.17) is 0 Å². The fourth-order valence-corrected chi connectivity index (χ4v) is 5.83. The highest BCUT2D eigenvalue weighted by Gasteiger charge is 2.19. The Morgan fingerprint density at radius 1 is 0.938 bits per heavy atom. The summed E-state index contributed by atoms with van der Waals surface area (Å²) in [5, 5.41) is 3.29. The van der Waals surface area contributed by atoms with Crippen molar-refractivity contribution >= 4 is 27.0 Å². The van der Waals surface area contributed by atoms with E-state index in [1.807, 2.05) is 26.0 Å². The maximum absolute atomic E-state index is 13.4. The molecule has 0 radical (unpaired) electrons. The highest BCUT2D eigenvalue weighted by molar-refractivity contribution is 7.94. The molecule has 2 aromatic carbocycles.